The molecule has 2 rings (SSSR count). The van der Waals surface area contributed by atoms with Gasteiger partial charge in [-0.05, 0) is 44.5 Å². The Kier molecular flexibility index (Phi) is 5.04. The molecule has 108 valence electrons. The van der Waals surface area contributed by atoms with Crippen molar-refractivity contribution in [3.8, 4) is 5.75 Å². The van der Waals surface area contributed by atoms with E-state index in [4.69, 9.17) is 22.1 Å². The van der Waals surface area contributed by atoms with Gasteiger partial charge >= 0.3 is 0 Å². The number of rotatable bonds is 6. The zero-order valence-electron chi connectivity index (χ0n) is 11.9. The van der Waals surface area contributed by atoms with Gasteiger partial charge in [0, 0.05) is 6.54 Å². The molecule has 2 aromatic rings. The van der Waals surface area contributed by atoms with Crippen LogP contribution in [0.2, 0.25) is 5.02 Å². The van der Waals surface area contributed by atoms with Crippen LogP contribution in [0.15, 0.2) is 24.3 Å². The zero-order valence-corrected chi connectivity index (χ0v) is 12.7. The lowest BCUT2D eigenvalue weighted by Gasteiger charge is -2.09. The average molecular weight is 294 g/mol. The molecule has 0 amide bonds. The first-order valence-corrected chi connectivity index (χ1v) is 7.17. The quantitative estimate of drug-likeness (QED) is 0.891. The van der Waals surface area contributed by atoms with Crippen LogP contribution in [0.25, 0.3) is 0 Å². The molecule has 0 aliphatic heterocycles. The fraction of sp³-hybridized carbons (Fsp3) is 0.400. The largest absolute Gasteiger partial charge is 0.487 e. The molecule has 20 heavy (non-hydrogen) atoms. The number of hydrogen-bond donors (Lipinski definition) is 1. The van der Waals surface area contributed by atoms with E-state index in [0.717, 1.165) is 30.1 Å². The zero-order chi connectivity index (χ0) is 14.5. The summed E-state index contributed by atoms with van der Waals surface area (Å²) >= 11 is 6.25. The molecule has 4 nitrogen and oxygen atoms in total. The molecule has 0 fully saturated rings. The maximum atomic E-state index is 6.25. The van der Waals surface area contributed by atoms with Gasteiger partial charge in [0.15, 0.2) is 0 Å². The van der Waals surface area contributed by atoms with Gasteiger partial charge < -0.3 is 10.5 Å². The third-order valence-electron chi connectivity index (χ3n) is 3.18. The third kappa shape index (κ3) is 3.32. The van der Waals surface area contributed by atoms with E-state index in [0.29, 0.717) is 18.2 Å². The van der Waals surface area contributed by atoms with Gasteiger partial charge in [0.2, 0.25) is 0 Å². The summed E-state index contributed by atoms with van der Waals surface area (Å²) in [4.78, 5) is 0. The fourth-order valence-electron chi connectivity index (χ4n) is 2.08. The highest BCUT2D eigenvalue weighted by atomic mass is 35.5. The second-order valence-electron chi connectivity index (χ2n) is 4.63. The minimum atomic E-state index is 0.420. The first-order chi connectivity index (χ1) is 9.65. The molecular weight excluding hydrogens is 274 g/mol. The first kappa shape index (κ1) is 14.9. The van der Waals surface area contributed by atoms with Crippen LogP contribution in [0, 0.1) is 6.92 Å². The molecule has 0 saturated heterocycles. The lowest BCUT2D eigenvalue weighted by atomic mass is 10.1. The van der Waals surface area contributed by atoms with Crippen molar-refractivity contribution < 1.29 is 4.74 Å². The Labute approximate surface area is 124 Å². The van der Waals surface area contributed by atoms with Crippen LogP contribution in [-0.2, 0) is 19.6 Å². The summed E-state index contributed by atoms with van der Waals surface area (Å²) in [5.74, 6) is 0.823. The van der Waals surface area contributed by atoms with E-state index in [2.05, 4.69) is 5.10 Å². The minimum Gasteiger partial charge on any atom is -0.487 e. The highest BCUT2D eigenvalue weighted by Crippen LogP contribution is 2.22. The van der Waals surface area contributed by atoms with Crippen molar-refractivity contribution in [2.24, 2.45) is 5.73 Å². The standard InChI is InChI=1S/C15H20ClN3O/c1-3-19-14(15(16)11(2)18-19)10-20-13-6-4-12(5-7-13)8-9-17/h4-7H,3,8-10,17H2,1-2H3. The van der Waals surface area contributed by atoms with Gasteiger partial charge in [0.1, 0.15) is 12.4 Å². The summed E-state index contributed by atoms with van der Waals surface area (Å²) in [7, 11) is 0. The van der Waals surface area contributed by atoms with E-state index in [1.165, 1.54) is 5.56 Å². The van der Waals surface area contributed by atoms with E-state index in [9.17, 15) is 0 Å². The Balaban J connectivity index is 2.05. The Morgan fingerprint density at radius 1 is 1.30 bits per heavy atom. The number of benzene rings is 1. The van der Waals surface area contributed by atoms with Gasteiger partial charge in [-0.2, -0.15) is 5.10 Å². The van der Waals surface area contributed by atoms with Crippen LogP contribution in [0.4, 0.5) is 0 Å². The molecule has 5 heteroatoms. The van der Waals surface area contributed by atoms with E-state index in [1.807, 2.05) is 42.8 Å². The van der Waals surface area contributed by atoms with Crippen LogP contribution < -0.4 is 10.5 Å². The minimum absolute atomic E-state index is 0.420. The molecule has 2 N–H and O–H groups in total. The van der Waals surface area contributed by atoms with Crippen LogP contribution in [-0.4, -0.2) is 16.3 Å². The fourth-order valence-corrected chi connectivity index (χ4v) is 2.27. The Morgan fingerprint density at radius 2 is 2.00 bits per heavy atom. The third-order valence-corrected chi connectivity index (χ3v) is 3.68. The number of ether oxygens (including phenoxy) is 1. The predicted molar refractivity (Wildman–Crippen MR) is 81.2 cm³/mol. The topological polar surface area (TPSA) is 53.1 Å². The van der Waals surface area contributed by atoms with E-state index >= 15 is 0 Å². The number of nitrogens with zero attached hydrogens (tertiary/aromatic N) is 2. The lowest BCUT2D eigenvalue weighted by Crippen LogP contribution is -2.06. The van der Waals surface area contributed by atoms with Gasteiger partial charge in [-0.1, -0.05) is 23.7 Å². The summed E-state index contributed by atoms with van der Waals surface area (Å²) in [5.41, 5.74) is 8.50. The monoisotopic (exact) mass is 293 g/mol. The maximum Gasteiger partial charge on any atom is 0.131 e. The molecule has 0 spiro atoms. The number of aromatic nitrogens is 2. The highest BCUT2D eigenvalue weighted by molar-refractivity contribution is 6.31. The number of halogens is 1. The SMILES string of the molecule is CCn1nc(C)c(Cl)c1COc1ccc(CCN)cc1. The molecular formula is C15H20ClN3O. The summed E-state index contributed by atoms with van der Waals surface area (Å²) < 4.78 is 7.66. The smallest absolute Gasteiger partial charge is 0.131 e. The molecule has 0 aliphatic rings. The summed E-state index contributed by atoms with van der Waals surface area (Å²) in [6.07, 6.45) is 0.883. The Hall–Kier alpha value is -1.52. The molecule has 0 aliphatic carbocycles. The number of nitrogens with two attached hydrogens (primary N) is 1. The molecule has 1 heterocycles. The van der Waals surface area contributed by atoms with Crippen molar-refractivity contribution in [1.29, 1.82) is 0 Å². The molecule has 1 aromatic carbocycles. The highest BCUT2D eigenvalue weighted by Gasteiger charge is 2.12. The van der Waals surface area contributed by atoms with E-state index in [-0.39, 0.29) is 0 Å². The average Bonchev–Trinajstić information content (AvgIpc) is 2.74. The van der Waals surface area contributed by atoms with Gasteiger partial charge in [-0.3, -0.25) is 4.68 Å². The first-order valence-electron chi connectivity index (χ1n) is 6.79. The molecule has 1 aromatic heterocycles. The molecule has 0 bridgehead atoms. The summed E-state index contributed by atoms with van der Waals surface area (Å²) in [5, 5.41) is 5.06. The van der Waals surface area contributed by atoms with Crippen molar-refractivity contribution in [2.75, 3.05) is 6.54 Å². The second-order valence-corrected chi connectivity index (χ2v) is 5.01. The second kappa shape index (κ2) is 6.77. The summed E-state index contributed by atoms with van der Waals surface area (Å²) in [6.45, 7) is 5.80. The maximum absolute atomic E-state index is 6.25. The van der Waals surface area contributed by atoms with Crippen molar-refractivity contribution in [3.05, 3.63) is 46.2 Å². The van der Waals surface area contributed by atoms with Crippen LogP contribution >= 0.6 is 11.6 Å². The van der Waals surface area contributed by atoms with Gasteiger partial charge in [0.05, 0.1) is 16.4 Å². The predicted octanol–water partition coefficient (Wildman–Crippen LogP) is 2.95. The van der Waals surface area contributed by atoms with Crippen LogP contribution in [0.3, 0.4) is 0 Å². The Morgan fingerprint density at radius 3 is 2.60 bits per heavy atom. The molecule has 0 radical (unpaired) electrons. The van der Waals surface area contributed by atoms with Crippen LogP contribution in [0.5, 0.6) is 5.75 Å². The van der Waals surface area contributed by atoms with Crippen LogP contribution in [0.1, 0.15) is 23.9 Å². The van der Waals surface area contributed by atoms with Gasteiger partial charge in [-0.15, -0.1) is 0 Å². The summed E-state index contributed by atoms with van der Waals surface area (Å²) in [6, 6.07) is 7.98. The lowest BCUT2D eigenvalue weighted by molar-refractivity contribution is 0.292. The molecule has 0 unspecified atom stereocenters. The van der Waals surface area contributed by atoms with Crippen molar-refractivity contribution >= 4 is 11.6 Å². The van der Waals surface area contributed by atoms with Gasteiger partial charge in [0.25, 0.3) is 0 Å². The van der Waals surface area contributed by atoms with E-state index < -0.39 is 0 Å². The van der Waals surface area contributed by atoms with E-state index in [1.54, 1.807) is 0 Å². The van der Waals surface area contributed by atoms with Crippen molar-refractivity contribution in [3.63, 3.8) is 0 Å². The van der Waals surface area contributed by atoms with Crippen molar-refractivity contribution in [1.82, 2.24) is 9.78 Å². The van der Waals surface area contributed by atoms with Gasteiger partial charge in [-0.25, -0.2) is 0 Å². The molecule has 0 saturated carbocycles. The Bertz CT molecular complexity index is 563. The number of aryl methyl sites for hydroxylation is 2. The van der Waals surface area contributed by atoms with Crippen molar-refractivity contribution in [2.45, 2.75) is 33.4 Å². The normalized spacial score (nSPS) is 10.8. The molecule has 0 atom stereocenters. The number of hydrogen-bond acceptors (Lipinski definition) is 3.